The number of carbonyl (C=O) groups is 1. The molecule has 0 radical (unpaired) electrons. The fraction of sp³-hybridized carbons (Fsp3) is 0.263. The number of nitrogens with one attached hydrogen (secondary N) is 1. The van der Waals surface area contributed by atoms with Crippen molar-refractivity contribution < 1.29 is 22.1 Å². The van der Waals surface area contributed by atoms with E-state index in [9.17, 15) is 13.2 Å². The maximum Gasteiger partial charge on any atom is 0.322 e. The van der Waals surface area contributed by atoms with Crippen LogP contribution in [0, 0.1) is 11.3 Å². The molecule has 8 nitrogen and oxygen atoms in total. The number of hydrogen-bond acceptors (Lipinski definition) is 6. The Hall–Kier alpha value is -3.09. The van der Waals surface area contributed by atoms with Crippen molar-refractivity contribution >= 4 is 21.8 Å². The van der Waals surface area contributed by atoms with Crippen LogP contribution in [-0.2, 0) is 21.4 Å². The van der Waals surface area contributed by atoms with E-state index < -0.39 is 10.1 Å². The molecule has 0 saturated carbocycles. The van der Waals surface area contributed by atoms with E-state index in [2.05, 4.69) is 5.32 Å². The van der Waals surface area contributed by atoms with E-state index in [0.29, 0.717) is 30.9 Å². The van der Waals surface area contributed by atoms with E-state index in [1.807, 2.05) is 6.07 Å². The summed E-state index contributed by atoms with van der Waals surface area (Å²) in [4.78, 5) is 14.2. The fourth-order valence-corrected chi connectivity index (χ4v) is 2.79. The maximum atomic E-state index is 12.6. The SMILES string of the molecule is COCCN(Cc1ccc(OS(C)(=O)=O)cc1)C(=O)Nc1ccc(C#N)cc1. The van der Waals surface area contributed by atoms with Crippen molar-refractivity contribution in [2.45, 2.75) is 6.54 Å². The highest BCUT2D eigenvalue weighted by molar-refractivity contribution is 7.86. The minimum atomic E-state index is -3.59. The number of nitrogens with zero attached hydrogens (tertiary/aromatic N) is 2. The summed E-state index contributed by atoms with van der Waals surface area (Å²) in [5, 5.41) is 11.6. The Kier molecular flexibility index (Phi) is 7.37. The lowest BCUT2D eigenvalue weighted by Crippen LogP contribution is -2.36. The summed E-state index contributed by atoms with van der Waals surface area (Å²) in [6.45, 7) is 1.01. The van der Waals surface area contributed by atoms with Crippen LogP contribution in [0.5, 0.6) is 5.75 Å². The van der Waals surface area contributed by atoms with Gasteiger partial charge >= 0.3 is 16.1 Å². The van der Waals surface area contributed by atoms with E-state index in [0.717, 1.165) is 11.8 Å². The molecular weight excluding hydrogens is 382 g/mol. The van der Waals surface area contributed by atoms with Gasteiger partial charge in [-0.05, 0) is 42.0 Å². The number of anilines is 1. The minimum Gasteiger partial charge on any atom is -0.383 e. The van der Waals surface area contributed by atoms with Crippen molar-refractivity contribution in [3.63, 3.8) is 0 Å². The highest BCUT2D eigenvalue weighted by atomic mass is 32.2. The number of amides is 2. The summed E-state index contributed by atoms with van der Waals surface area (Å²) < 4.78 is 32.2. The molecule has 1 N–H and O–H groups in total. The monoisotopic (exact) mass is 403 g/mol. The van der Waals surface area contributed by atoms with Crippen molar-refractivity contribution in [3.8, 4) is 11.8 Å². The van der Waals surface area contributed by atoms with Gasteiger partial charge in [0.2, 0.25) is 0 Å². The summed E-state index contributed by atoms with van der Waals surface area (Å²) in [7, 11) is -2.04. The molecule has 2 aromatic rings. The molecule has 0 aliphatic rings. The second-order valence-corrected chi connectivity index (χ2v) is 7.54. The topological polar surface area (TPSA) is 109 Å². The molecule has 9 heteroatoms. The maximum absolute atomic E-state index is 12.6. The van der Waals surface area contributed by atoms with E-state index in [4.69, 9.17) is 14.2 Å². The van der Waals surface area contributed by atoms with E-state index in [1.54, 1.807) is 48.4 Å². The average Bonchev–Trinajstić information content (AvgIpc) is 2.65. The summed E-state index contributed by atoms with van der Waals surface area (Å²) in [6.07, 6.45) is 0.973. The molecule has 2 aromatic carbocycles. The zero-order valence-corrected chi connectivity index (χ0v) is 16.4. The van der Waals surface area contributed by atoms with Crippen molar-refractivity contribution in [3.05, 3.63) is 59.7 Å². The van der Waals surface area contributed by atoms with Crippen molar-refractivity contribution in [1.29, 1.82) is 5.26 Å². The van der Waals surface area contributed by atoms with Crippen molar-refractivity contribution in [2.75, 3.05) is 31.8 Å². The highest BCUT2D eigenvalue weighted by Gasteiger charge is 2.14. The Bertz CT molecular complexity index is 935. The first kappa shape index (κ1) is 21.2. The molecule has 0 spiro atoms. The average molecular weight is 403 g/mol. The predicted octanol–water partition coefficient (Wildman–Crippen LogP) is 2.58. The molecule has 0 fully saturated rings. The minimum absolute atomic E-state index is 0.205. The molecular formula is C19H21N3O5S. The van der Waals surface area contributed by atoms with Crippen LogP contribution in [0.1, 0.15) is 11.1 Å². The third-order valence-corrected chi connectivity index (χ3v) is 4.16. The third-order valence-electron chi connectivity index (χ3n) is 3.66. The molecule has 28 heavy (non-hydrogen) atoms. The Morgan fingerprint density at radius 2 is 1.79 bits per heavy atom. The predicted molar refractivity (Wildman–Crippen MR) is 104 cm³/mol. The Balaban J connectivity index is 2.07. The van der Waals surface area contributed by atoms with Crippen LogP contribution in [0.15, 0.2) is 48.5 Å². The van der Waals surface area contributed by atoms with Gasteiger partial charge < -0.3 is 19.1 Å². The third kappa shape index (κ3) is 6.90. The first-order valence-electron chi connectivity index (χ1n) is 8.34. The number of hydrogen-bond donors (Lipinski definition) is 1. The van der Waals surface area contributed by atoms with Gasteiger partial charge in [-0.3, -0.25) is 0 Å². The van der Waals surface area contributed by atoms with Gasteiger partial charge in [0.1, 0.15) is 5.75 Å². The lowest BCUT2D eigenvalue weighted by molar-refractivity contribution is 0.153. The quantitative estimate of drug-likeness (QED) is 0.679. The van der Waals surface area contributed by atoms with Crippen LogP contribution in [0.25, 0.3) is 0 Å². The Morgan fingerprint density at radius 3 is 2.32 bits per heavy atom. The van der Waals surface area contributed by atoms with Gasteiger partial charge in [0.15, 0.2) is 0 Å². The Labute approximate surface area is 164 Å². The highest BCUT2D eigenvalue weighted by Crippen LogP contribution is 2.16. The molecule has 0 saturated heterocycles. The molecule has 2 rings (SSSR count). The molecule has 0 aliphatic heterocycles. The second kappa shape index (κ2) is 9.73. The Morgan fingerprint density at radius 1 is 1.14 bits per heavy atom. The van der Waals surface area contributed by atoms with Gasteiger partial charge in [0.05, 0.1) is 24.5 Å². The summed E-state index contributed by atoms with van der Waals surface area (Å²) in [6, 6.07) is 14.7. The summed E-state index contributed by atoms with van der Waals surface area (Å²) in [5.74, 6) is 0.205. The van der Waals surface area contributed by atoms with Crippen LogP contribution in [0.4, 0.5) is 10.5 Å². The normalized spacial score (nSPS) is 10.8. The zero-order valence-electron chi connectivity index (χ0n) is 15.6. The number of nitriles is 1. The first-order valence-corrected chi connectivity index (χ1v) is 10.2. The fourth-order valence-electron chi connectivity index (χ4n) is 2.33. The molecule has 0 atom stereocenters. The number of methoxy groups -OCH3 is 1. The van der Waals surface area contributed by atoms with Crippen LogP contribution in [-0.4, -0.2) is 45.9 Å². The molecule has 0 unspecified atom stereocenters. The molecule has 0 aliphatic carbocycles. The number of carbonyl (C=O) groups excluding carboxylic acids is 1. The van der Waals surface area contributed by atoms with Crippen molar-refractivity contribution in [2.24, 2.45) is 0 Å². The van der Waals surface area contributed by atoms with E-state index >= 15 is 0 Å². The van der Waals surface area contributed by atoms with Crippen LogP contribution in [0.2, 0.25) is 0 Å². The molecule has 0 heterocycles. The molecule has 0 aromatic heterocycles. The zero-order chi connectivity index (χ0) is 20.6. The largest absolute Gasteiger partial charge is 0.383 e. The van der Waals surface area contributed by atoms with Crippen LogP contribution < -0.4 is 9.50 Å². The number of urea groups is 1. The first-order chi connectivity index (χ1) is 13.3. The van der Waals surface area contributed by atoms with Gasteiger partial charge in [-0.15, -0.1) is 0 Å². The summed E-state index contributed by atoms with van der Waals surface area (Å²) >= 11 is 0. The molecule has 2 amide bonds. The van der Waals surface area contributed by atoms with E-state index in [1.165, 1.54) is 12.1 Å². The van der Waals surface area contributed by atoms with Gasteiger partial charge in [-0.25, -0.2) is 4.79 Å². The van der Waals surface area contributed by atoms with Gasteiger partial charge in [-0.2, -0.15) is 13.7 Å². The van der Waals surface area contributed by atoms with Gasteiger partial charge in [0.25, 0.3) is 0 Å². The smallest absolute Gasteiger partial charge is 0.322 e. The standard InChI is InChI=1S/C19H21N3O5S/c1-26-12-11-22(19(23)21-17-7-3-15(13-20)4-8-17)14-16-5-9-18(10-6-16)27-28(2,24)25/h3-10H,11-12,14H2,1-2H3,(H,21,23). The second-order valence-electron chi connectivity index (χ2n) is 5.97. The lowest BCUT2D eigenvalue weighted by atomic mass is 10.2. The van der Waals surface area contributed by atoms with Gasteiger partial charge in [0, 0.05) is 25.9 Å². The molecule has 0 bridgehead atoms. The summed E-state index contributed by atoms with van der Waals surface area (Å²) in [5.41, 5.74) is 1.88. The molecule has 148 valence electrons. The van der Waals surface area contributed by atoms with Crippen LogP contribution >= 0.6 is 0 Å². The number of rotatable bonds is 8. The number of ether oxygens (including phenoxy) is 1. The number of benzene rings is 2. The van der Waals surface area contributed by atoms with Gasteiger partial charge in [-0.1, -0.05) is 12.1 Å². The van der Waals surface area contributed by atoms with Crippen molar-refractivity contribution in [1.82, 2.24) is 4.90 Å². The van der Waals surface area contributed by atoms with Crippen LogP contribution in [0.3, 0.4) is 0 Å². The lowest BCUT2D eigenvalue weighted by Gasteiger charge is -2.23. The van der Waals surface area contributed by atoms with E-state index in [-0.39, 0.29) is 11.8 Å².